The van der Waals surface area contributed by atoms with E-state index in [0.717, 1.165) is 0 Å². The van der Waals surface area contributed by atoms with Crippen molar-refractivity contribution in [3.8, 4) is 0 Å². The molecule has 0 spiro atoms. The number of carbonyl (C=O) groups excluding carboxylic acids is 1. The summed E-state index contributed by atoms with van der Waals surface area (Å²) >= 11 is 0. The third kappa shape index (κ3) is 1.50. The molecule has 1 aromatic rings. The summed E-state index contributed by atoms with van der Waals surface area (Å²) < 4.78 is 1.55. The fourth-order valence-electron chi connectivity index (χ4n) is 0.770. The Morgan fingerprint density at radius 1 is 1.67 bits per heavy atom. The number of nitrogens with two attached hydrogens (primary N) is 1. The van der Waals surface area contributed by atoms with Gasteiger partial charge in [0, 0.05) is 7.05 Å². The number of nitrogens with zero attached hydrogens (tertiary/aromatic N) is 3. The van der Waals surface area contributed by atoms with Gasteiger partial charge in [0.05, 0.1) is 6.04 Å². The predicted molar refractivity (Wildman–Crippen MR) is 43.7 cm³/mol. The maximum Gasteiger partial charge on any atom is 0.219 e. The van der Waals surface area contributed by atoms with Crippen LogP contribution in [0.5, 0.6) is 0 Å². The van der Waals surface area contributed by atoms with Gasteiger partial charge in [-0.1, -0.05) is 0 Å². The van der Waals surface area contributed by atoms with Gasteiger partial charge in [-0.25, -0.2) is 4.98 Å². The molecular weight excluding hydrogens is 156 g/mol. The molecule has 66 valence electrons. The van der Waals surface area contributed by atoms with Gasteiger partial charge in [-0.3, -0.25) is 9.48 Å². The molecule has 1 atom stereocenters. The lowest BCUT2D eigenvalue weighted by Crippen LogP contribution is -2.27. The average Bonchev–Trinajstić information content (AvgIpc) is 2.30. The van der Waals surface area contributed by atoms with Gasteiger partial charge in [0.2, 0.25) is 11.6 Å². The zero-order valence-electron chi connectivity index (χ0n) is 7.40. The Labute approximate surface area is 70.6 Å². The van der Waals surface area contributed by atoms with Gasteiger partial charge >= 0.3 is 0 Å². The first-order valence-electron chi connectivity index (χ1n) is 3.70. The molecule has 12 heavy (non-hydrogen) atoms. The molecule has 5 heteroatoms. The van der Waals surface area contributed by atoms with Crippen LogP contribution in [0.2, 0.25) is 0 Å². The van der Waals surface area contributed by atoms with Crippen LogP contribution in [-0.2, 0) is 7.05 Å². The molecule has 1 heterocycles. The first-order valence-corrected chi connectivity index (χ1v) is 3.70. The number of ketones is 1. The van der Waals surface area contributed by atoms with Crippen LogP contribution >= 0.6 is 0 Å². The van der Waals surface area contributed by atoms with Crippen molar-refractivity contribution in [2.24, 2.45) is 12.8 Å². The van der Waals surface area contributed by atoms with E-state index in [0.29, 0.717) is 5.82 Å². The highest BCUT2D eigenvalue weighted by atomic mass is 16.1. The van der Waals surface area contributed by atoms with Gasteiger partial charge in [0.1, 0.15) is 5.82 Å². The standard InChI is InChI=1S/C7H12N4O/c1-4(8)6(12)7-9-5(2)11(3)10-7/h4H,8H2,1-3H3/t4-/m1/s1. The Balaban J connectivity index is 2.97. The molecule has 0 aliphatic rings. The van der Waals surface area contributed by atoms with E-state index >= 15 is 0 Å². The van der Waals surface area contributed by atoms with Crippen molar-refractivity contribution in [3.05, 3.63) is 11.6 Å². The van der Waals surface area contributed by atoms with E-state index in [4.69, 9.17) is 5.73 Å². The van der Waals surface area contributed by atoms with E-state index in [1.54, 1.807) is 25.6 Å². The second kappa shape index (κ2) is 3.02. The minimum Gasteiger partial charge on any atom is -0.321 e. The number of hydrogen-bond acceptors (Lipinski definition) is 4. The van der Waals surface area contributed by atoms with E-state index in [1.165, 1.54) is 0 Å². The quantitative estimate of drug-likeness (QED) is 0.613. The van der Waals surface area contributed by atoms with Gasteiger partial charge in [-0.2, -0.15) is 0 Å². The van der Waals surface area contributed by atoms with Gasteiger partial charge in [0.25, 0.3) is 0 Å². The number of carbonyl (C=O) groups is 1. The smallest absolute Gasteiger partial charge is 0.219 e. The van der Waals surface area contributed by atoms with Crippen molar-refractivity contribution < 1.29 is 4.79 Å². The molecule has 2 N–H and O–H groups in total. The van der Waals surface area contributed by atoms with Crippen molar-refractivity contribution in [1.82, 2.24) is 14.8 Å². The lowest BCUT2D eigenvalue weighted by atomic mass is 10.2. The highest BCUT2D eigenvalue weighted by molar-refractivity contribution is 5.96. The zero-order valence-corrected chi connectivity index (χ0v) is 7.40. The van der Waals surface area contributed by atoms with Gasteiger partial charge in [0.15, 0.2) is 0 Å². The fraction of sp³-hybridized carbons (Fsp3) is 0.571. The second-order valence-electron chi connectivity index (χ2n) is 2.76. The van der Waals surface area contributed by atoms with Crippen LogP contribution in [0.15, 0.2) is 0 Å². The molecule has 0 bridgehead atoms. The molecule has 1 aromatic heterocycles. The summed E-state index contributed by atoms with van der Waals surface area (Å²) in [6, 6.07) is -0.535. The molecular formula is C7H12N4O. The largest absolute Gasteiger partial charge is 0.321 e. The van der Waals surface area contributed by atoms with E-state index < -0.39 is 6.04 Å². The number of Topliss-reactive ketones (excluding diaryl/α,β-unsaturated/α-hetero) is 1. The van der Waals surface area contributed by atoms with Gasteiger partial charge in [-0.15, -0.1) is 5.10 Å². The molecule has 0 aliphatic carbocycles. The van der Waals surface area contributed by atoms with Gasteiger partial charge in [-0.05, 0) is 13.8 Å². The van der Waals surface area contributed by atoms with Crippen molar-refractivity contribution in [3.63, 3.8) is 0 Å². The minimum absolute atomic E-state index is 0.199. The van der Waals surface area contributed by atoms with Crippen LogP contribution in [0.4, 0.5) is 0 Å². The molecule has 0 fully saturated rings. The second-order valence-corrected chi connectivity index (χ2v) is 2.76. The Kier molecular flexibility index (Phi) is 2.23. The Hall–Kier alpha value is -1.23. The molecule has 0 amide bonds. The van der Waals surface area contributed by atoms with Crippen LogP contribution < -0.4 is 5.73 Å². The minimum atomic E-state index is -0.535. The topological polar surface area (TPSA) is 73.8 Å². The number of aromatic nitrogens is 3. The summed E-state index contributed by atoms with van der Waals surface area (Å²) in [6.45, 7) is 3.40. The number of hydrogen-bond donors (Lipinski definition) is 1. The molecule has 0 unspecified atom stereocenters. The normalized spacial score (nSPS) is 13.0. The number of rotatable bonds is 2. The highest BCUT2D eigenvalue weighted by Gasteiger charge is 2.16. The van der Waals surface area contributed by atoms with Gasteiger partial charge < -0.3 is 5.73 Å². The molecule has 1 rings (SSSR count). The average molecular weight is 168 g/mol. The Bertz CT molecular complexity index is 283. The summed E-state index contributed by atoms with van der Waals surface area (Å²) in [5, 5.41) is 3.91. The summed E-state index contributed by atoms with van der Waals surface area (Å²) in [7, 11) is 1.74. The summed E-state index contributed by atoms with van der Waals surface area (Å²) in [5.41, 5.74) is 5.39. The maximum atomic E-state index is 11.2. The van der Waals surface area contributed by atoms with Crippen LogP contribution in [0.1, 0.15) is 23.4 Å². The maximum absolute atomic E-state index is 11.2. The highest BCUT2D eigenvalue weighted by Crippen LogP contribution is 1.97. The van der Waals surface area contributed by atoms with E-state index in [1.807, 2.05) is 0 Å². The molecule has 0 radical (unpaired) electrons. The van der Waals surface area contributed by atoms with Crippen LogP contribution in [0, 0.1) is 6.92 Å². The van der Waals surface area contributed by atoms with Crippen LogP contribution in [0.25, 0.3) is 0 Å². The van der Waals surface area contributed by atoms with E-state index in [-0.39, 0.29) is 11.6 Å². The summed E-state index contributed by atoms with van der Waals surface area (Å²) in [6.07, 6.45) is 0. The SMILES string of the molecule is Cc1nc(C(=O)[C@@H](C)N)nn1C. The lowest BCUT2D eigenvalue weighted by Gasteiger charge is -1.96. The lowest BCUT2D eigenvalue weighted by molar-refractivity contribution is 0.0957. The molecule has 0 aromatic carbocycles. The predicted octanol–water partition coefficient (Wildman–Crippen LogP) is -0.347. The van der Waals surface area contributed by atoms with Crippen molar-refractivity contribution in [2.75, 3.05) is 0 Å². The van der Waals surface area contributed by atoms with Crippen LogP contribution in [-0.4, -0.2) is 26.6 Å². The third-order valence-corrected chi connectivity index (χ3v) is 1.61. The molecule has 0 aliphatic heterocycles. The monoisotopic (exact) mass is 168 g/mol. The van der Waals surface area contributed by atoms with E-state index in [2.05, 4.69) is 10.1 Å². The molecule has 5 nitrogen and oxygen atoms in total. The first-order chi connectivity index (χ1) is 5.52. The summed E-state index contributed by atoms with van der Waals surface area (Å²) in [5.74, 6) is 0.683. The Morgan fingerprint density at radius 2 is 2.25 bits per heavy atom. The van der Waals surface area contributed by atoms with E-state index in [9.17, 15) is 4.79 Å². The fourth-order valence-corrected chi connectivity index (χ4v) is 0.770. The number of aryl methyl sites for hydroxylation is 2. The summed E-state index contributed by atoms with van der Waals surface area (Å²) in [4.78, 5) is 15.2. The van der Waals surface area contributed by atoms with Crippen LogP contribution in [0.3, 0.4) is 0 Å². The van der Waals surface area contributed by atoms with Crippen molar-refractivity contribution >= 4 is 5.78 Å². The third-order valence-electron chi connectivity index (χ3n) is 1.61. The Morgan fingerprint density at radius 3 is 2.58 bits per heavy atom. The molecule has 0 saturated carbocycles. The molecule has 0 saturated heterocycles. The first kappa shape index (κ1) is 8.86. The van der Waals surface area contributed by atoms with Crippen molar-refractivity contribution in [2.45, 2.75) is 19.9 Å². The van der Waals surface area contributed by atoms with Crippen molar-refractivity contribution in [1.29, 1.82) is 0 Å². The zero-order chi connectivity index (χ0) is 9.30.